The molecule has 0 saturated heterocycles. The molecule has 2 atom stereocenters. The molecule has 1 amide bonds. The Kier molecular flexibility index (Phi) is 43.4. The third-order valence-electron chi connectivity index (χ3n) is 10.2. The number of nitrogens with one attached hydrogen (secondary N) is 1. The van der Waals surface area contributed by atoms with Crippen LogP contribution < -0.4 is 5.32 Å². The zero-order chi connectivity index (χ0) is 39.3. The molecule has 0 heterocycles. The summed E-state index contributed by atoms with van der Waals surface area (Å²) >= 11 is 0. The third kappa shape index (κ3) is 41.0. The van der Waals surface area contributed by atoms with E-state index in [0.717, 1.165) is 57.8 Å². The predicted molar refractivity (Wildman–Crippen MR) is 239 cm³/mol. The van der Waals surface area contributed by atoms with Gasteiger partial charge in [0.1, 0.15) is 0 Å². The van der Waals surface area contributed by atoms with Crippen molar-refractivity contribution < 1.29 is 15.0 Å². The standard InChI is InChI=1S/C50H89NO3/c1-3-5-7-9-11-13-15-17-19-21-22-23-24-25-26-27-28-30-32-34-36-38-40-42-44-46-50(54)51-48(47-52)49(53)45-43-41-39-37-35-33-31-29-20-18-16-14-12-10-8-6-4-2/h5,7,11,13,17,19,22-23,35,37,43,45,48-49,52-53H,3-4,6,8-10,12,14-16,18,20-21,24-34,36,38-42,44,46-47H2,1-2H3,(H,51,54)/b7-5-,13-11-,19-17-,23-22-,37-35+,45-43+. The van der Waals surface area contributed by atoms with Gasteiger partial charge in [0.2, 0.25) is 5.91 Å². The molecule has 4 nitrogen and oxygen atoms in total. The minimum Gasteiger partial charge on any atom is -0.394 e. The van der Waals surface area contributed by atoms with Crippen molar-refractivity contribution in [2.75, 3.05) is 6.61 Å². The van der Waals surface area contributed by atoms with Crippen molar-refractivity contribution >= 4 is 5.91 Å². The van der Waals surface area contributed by atoms with Gasteiger partial charge in [-0.15, -0.1) is 0 Å². The molecule has 0 aliphatic carbocycles. The molecule has 0 aliphatic heterocycles. The molecular formula is C50H89NO3. The van der Waals surface area contributed by atoms with E-state index in [1.807, 2.05) is 6.08 Å². The SMILES string of the molecule is CC/C=C\C/C=C\C/C=C\C/C=C\CCCCCCCCCCCCCCC(=O)NC(CO)C(O)/C=C/CC/C=C/CCCCCCCCCCCCC. The topological polar surface area (TPSA) is 69.6 Å². The Morgan fingerprint density at radius 2 is 0.833 bits per heavy atom. The Morgan fingerprint density at radius 1 is 0.463 bits per heavy atom. The number of allylic oxidation sites excluding steroid dienone is 11. The number of rotatable bonds is 41. The highest BCUT2D eigenvalue weighted by atomic mass is 16.3. The predicted octanol–water partition coefficient (Wildman–Crippen LogP) is 14.7. The fourth-order valence-corrected chi connectivity index (χ4v) is 6.66. The van der Waals surface area contributed by atoms with Gasteiger partial charge < -0.3 is 15.5 Å². The van der Waals surface area contributed by atoms with E-state index >= 15 is 0 Å². The fraction of sp³-hybridized carbons (Fsp3) is 0.740. The van der Waals surface area contributed by atoms with Crippen molar-refractivity contribution in [1.82, 2.24) is 5.32 Å². The van der Waals surface area contributed by atoms with Gasteiger partial charge in [-0.1, -0.05) is 215 Å². The van der Waals surface area contributed by atoms with E-state index in [1.54, 1.807) is 6.08 Å². The molecule has 0 aromatic heterocycles. The van der Waals surface area contributed by atoms with E-state index in [4.69, 9.17) is 0 Å². The van der Waals surface area contributed by atoms with Crippen LogP contribution in [0.2, 0.25) is 0 Å². The summed E-state index contributed by atoms with van der Waals surface area (Å²) in [6.07, 6.45) is 64.4. The van der Waals surface area contributed by atoms with E-state index in [1.165, 1.54) is 141 Å². The Balaban J connectivity index is 3.60. The molecule has 3 N–H and O–H groups in total. The molecule has 2 unspecified atom stereocenters. The van der Waals surface area contributed by atoms with E-state index < -0.39 is 12.1 Å². The molecule has 0 aliphatic rings. The molecule has 0 saturated carbocycles. The summed E-state index contributed by atoms with van der Waals surface area (Å²) in [7, 11) is 0. The molecular weight excluding hydrogens is 663 g/mol. The minimum atomic E-state index is -0.865. The van der Waals surface area contributed by atoms with Crippen LogP contribution in [-0.4, -0.2) is 34.9 Å². The van der Waals surface area contributed by atoms with Gasteiger partial charge in [-0.2, -0.15) is 0 Å². The summed E-state index contributed by atoms with van der Waals surface area (Å²) < 4.78 is 0. The first-order valence-corrected chi connectivity index (χ1v) is 23.2. The van der Waals surface area contributed by atoms with Crippen molar-refractivity contribution in [3.63, 3.8) is 0 Å². The number of aliphatic hydroxyl groups is 2. The van der Waals surface area contributed by atoms with Crippen LogP contribution >= 0.6 is 0 Å². The van der Waals surface area contributed by atoms with Gasteiger partial charge in [-0.05, 0) is 70.6 Å². The number of aliphatic hydroxyl groups excluding tert-OH is 2. The lowest BCUT2D eigenvalue weighted by atomic mass is 10.0. The van der Waals surface area contributed by atoms with Gasteiger partial charge in [0, 0.05) is 6.42 Å². The van der Waals surface area contributed by atoms with E-state index in [0.29, 0.717) is 6.42 Å². The summed E-state index contributed by atoms with van der Waals surface area (Å²) in [6, 6.07) is -0.643. The maximum absolute atomic E-state index is 12.4. The smallest absolute Gasteiger partial charge is 0.220 e. The highest BCUT2D eigenvalue weighted by molar-refractivity contribution is 5.76. The molecule has 0 rings (SSSR count). The lowest BCUT2D eigenvalue weighted by molar-refractivity contribution is -0.123. The van der Waals surface area contributed by atoms with Crippen LogP contribution in [0.25, 0.3) is 0 Å². The Bertz CT molecular complexity index is 946. The first-order chi connectivity index (χ1) is 26.7. The number of hydrogen-bond donors (Lipinski definition) is 3. The fourth-order valence-electron chi connectivity index (χ4n) is 6.66. The summed E-state index contributed by atoms with van der Waals surface area (Å²) in [5, 5.41) is 23.0. The summed E-state index contributed by atoms with van der Waals surface area (Å²) in [5.74, 6) is -0.0784. The number of carbonyl (C=O) groups is 1. The van der Waals surface area contributed by atoms with Crippen LogP contribution in [0, 0.1) is 0 Å². The molecule has 0 bridgehead atoms. The van der Waals surface area contributed by atoms with Crippen LogP contribution in [0.4, 0.5) is 0 Å². The van der Waals surface area contributed by atoms with Crippen molar-refractivity contribution in [3.05, 3.63) is 72.9 Å². The largest absolute Gasteiger partial charge is 0.394 e. The molecule has 0 aromatic carbocycles. The van der Waals surface area contributed by atoms with Gasteiger partial charge in [0.25, 0.3) is 0 Å². The van der Waals surface area contributed by atoms with Crippen LogP contribution in [0.3, 0.4) is 0 Å². The highest BCUT2D eigenvalue weighted by Gasteiger charge is 2.17. The van der Waals surface area contributed by atoms with Gasteiger partial charge in [-0.25, -0.2) is 0 Å². The Morgan fingerprint density at radius 3 is 1.30 bits per heavy atom. The summed E-state index contributed by atoms with van der Waals surface area (Å²) in [6.45, 7) is 4.18. The van der Waals surface area contributed by atoms with Crippen molar-refractivity contribution in [2.45, 2.75) is 231 Å². The van der Waals surface area contributed by atoms with Crippen molar-refractivity contribution in [3.8, 4) is 0 Å². The number of unbranched alkanes of at least 4 members (excludes halogenated alkanes) is 24. The maximum Gasteiger partial charge on any atom is 0.220 e. The second-order valence-electron chi connectivity index (χ2n) is 15.4. The van der Waals surface area contributed by atoms with E-state index in [-0.39, 0.29) is 12.5 Å². The van der Waals surface area contributed by atoms with Crippen LogP contribution in [0.1, 0.15) is 219 Å². The zero-order valence-electron chi connectivity index (χ0n) is 35.7. The van der Waals surface area contributed by atoms with Crippen molar-refractivity contribution in [1.29, 1.82) is 0 Å². The first-order valence-electron chi connectivity index (χ1n) is 23.2. The maximum atomic E-state index is 12.4. The zero-order valence-corrected chi connectivity index (χ0v) is 35.7. The van der Waals surface area contributed by atoms with Gasteiger partial charge >= 0.3 is 0 Å². The lowest BCUT2D eigenvalue weighted by Crippen LogP contribution is -2.45. The second kappa shape index (κ2) is 45.2. The Hall–Kier alpha value is -2.17. The van der Waals surface area contributed by atoms with Crippen LogP contribution in [-0.2, 0) is 4.79 Å². The Labute approximate surface area is 336 Å². The molecule has 4 heteroatoms. The van der Waals surface area contributed by atoms with E-state index in [2.05, 4.69) is 79.9 Å². The molecule has 312 valence electrons. The molecule has 54 heavy (non-hydrogen) atoms. The second-order valence-corrected chi connectivity index (χ2v) is 15.4. The lowest BCUT2D eigenvalue weighted by Gasteiger charge is -2.19. The van der Waals surface area contributed by atoms with Gasteiger partial charge in [-0.3, -0.25) is 4.79 Å². The van der Waals surface area contributed by atoms with Gasteiger partial charge in [0.05, 0.1) is 18.8 Å². The first kappa shape index (κ1) is 51.8. The summed E-state index contributed by atoms with van der Waals surface area (Å²) in [5.41, 5.74) is 0. The quantitative estimate of drug-likeness (QED) is 0.0430. The average Bonchev–Trinajstić information content (AvgIpc) is 3.18. The van der Waals surface area contributed by atoms with Crippen LogP contribution in [0.5, 0.6) is 0 Å². The molecule has 0 fully saturated rings. The number of hydrogen-bond acceptors (Lipinski definition) is 3. The monoisotopic (exact) mass is 752 g/mol. The average molecular weight is 752 g/mol. The minimum absolute atomic E-state index is 0.0784. The van der Waals surface area contributed by atoms with Gasteiger partial charge in [0.15, 0.2) is 0 Å². The normalized spacial score (nSPS) is 13.6. The number of amides is 1. The van der Waals surface area contributed by atoms with Crippen molar-refractivity contribution in [2.24, 2.45) is 0 Å². The highest BCUT2D eigenvalue weighted by Crippen LogP contribution is 2.14. The summed E-state index contributed by atoms with van der Waals surface area (Å²) in [4.78, 5) is 12.4. The van der Waals surface area contributed by atoms with E-state index in [9.17, 15) is 15.0 Å². The third-order valence-corrected chi connectivity index (χ3v) is 10.2. The van der Waals surface area contributed by atoms with Crippen LogP contribution in [0.15, 0.2) is 72.9 Å². The molecule has 0 aromatic rings. The molecule has 0 spiro atoms. The molecule has 0 radical (unpaired) electrons. The number of carbonyl (C=O) groups excluding carboxylic acids is 1.